The van der Waals surface area contributed by atoms with Crippen LogP contribution in [0.2, 0.25) is 0 Å². The van der Waals surface area contributed by atoms with Gasteiger partial charge in [0.25, 0.3) is 0 Å². The van der Waals surface area contributed by atoms with Crippen molar-refractivity contribution in [3.8, 4) is 0 Å². The summed E-state index contributed by atoms with van der Waals surface area (Å²) in [6.07, 6.45) is 5.40. The molecule has 0 spiro atoms. The van der Waals surface area contributed by atoms with Gasteiger partial charge in [0.2, 0.25) is 0 Å². The highest BCUT2D eigenvalue weighted by molar-refractivity contribution is 4.78. The van der Waals surface area contributed by atoms with Crippen LogP contribution in [0.1, 0.15) is 46.5 Å². The van der Waals surface area contributed by atoms with Gasteiger partial charge < -0.3 is 5.32 Å². The summed E-state index contributed by atoms with van der Waals surface area (Å²) in [5, 5.41) is 3.55. The molecule has 1 unspecified atom stereocenters. The Morgan fingerprint density at radius 3 is 2.79 bits per heavy atom. The maximum absolute atomic E-state index is 3.55. The predicted octanol–water partition coefficient (Wildman–Crippen LogP) is 2.25. The van der Waals surface area contributed by atoms with Gasteiger partial charge in [0.05, 0.1) is 0 Å². The smallest absolute Gasteiger partial charge is 0.0223 e. The Labute approximate surface area is 89.1 Å². The van der Waals surface area contributed by atoms with Gasteiger partial charge in [0.15, 0.2) is 0 Å². The lowest BCUT2D eigenvalue weighted by molar-refractivity contribution is 0.146. The standard InChI is InChI=1S/C12H26N2/c1-4-9-14(11(2)3)12-7-5-6-8-13-10-12/h11-13H,4-10H2,1-3H3. The molecule has 0 aromatic carbocycles. The molecular formula is C12H26N2. The van der Waals surface area contributed by atoms with Crippen LogP contribution in [0.15, 0.2) is 0 Å². The Hall–Kier alpha value is -0.0800. The van der Waals surface area contributed by atoms with Crippen molar-refractivity contribution in [2.24, 2.45) is 0 Å². The maximum atomic E-state index is 3.55. The largest absolute Gasteiger partial charge is 0.315 e. The minimum atomic E-state index is 0.694. The first kappa shape index (κ1) is 12.0. The van der Waals surface area contributed by atoms with E-state index in [0.29, 0.717) is 6.04 Å². The molecule has 0 aliphatic carbocycles. The molecule has 0 aromatic rings. The van der Waals surface area contributed by atoms with Gasteiger partial charge in [-0.1, -0.05) is 13.3 Å². The molecule has 1 fully saturated rings. The van der Waals surface area contributed by atoms with E-state index in [-0.39, 0.29) is 0 Å². The number of nitrogens with zero attached hydrogens (tertiary/aromatic N) is 1. The van der Waals surface area contributed by atoms with Crippen molar-refractivity contribution < 1.29 is 0 Å². The van der Waals surface area contributed by atoms with Gasteiger partial charge in [-0.05, 0) is 46.2 Å². The van der Waals surface area contributed by atoms with E-state index in [1.54, 1.807) is 0 Å². The van der Waals surface area contributed by atoms with Gasteiger partial charge in [-0.2, -0.15) is 0 Å². The number of hydrogen-bond donors (Lipinski definition) is 1. The summed E-state index contributed by atoms with van der Waals surface area (Å²) in [6.45, 7) is 10.6. The molecule has 0 amide bonds. The van der Waals surface area contributed by atoms with Crippen LogP contribution in [0.5, 0.6) is 0 Å². The van der Waals surface area contributed by atoms with Crippen molar-refractivity contribution in [3.05, 3.63) is 0 Å². The Kier molecular flexibility index (Phi) is 5.49. The summed E-state index contributed by atoms with van der Waals surface area (Å²) in [4.78, 5) is 2.66. The van der Waals surface area contributed by atoms with Crippen LogP contribution in [-0.4, -0.2) is 36.6 Å². The molecular weight excluding hydrogens is 172 g/mol. The lowest BCUT2D eigenvalue weighted by atomic mass is 10.1. The molecule has 1 N–H and O–H groups in total. The lowest BCUT2D eigenvalue weighted by Crippen LogP contribution is -2.45. The molecule has 1 heterocycles. The van der Waals surface area contributed by atoms with E-state index in [2.05, 4.69) is 31.0 Å². The van der Waals surface area contributed by atoms with Crippen LogP contribution in [0.25, 0.3) is 0 Å². The molecule has 2 heteroatoms. The van der Waals surface area contributed by atoms with Gasteiger partial charge in [-0.3, -0.25) is 4.90 Å². The summed E-state index contributed by atoms with van der Waals surface area (Å²) >= 11 is 0. The number of rotatable bonds is 4. The molecule has 1 atom stereocenters. The lowest BCUT2D eigenvalue weighted by Gasteiger charge is -2.34. The maximum Gasteiger partial charge on any atom is 0.0223 e. The van der Waals surface area contributed by atoms with Crippen LogP contribution in [0.3, 0.4) is 0 Å². The molecule has 84 valence electrons. The Morgan fingerprint density at radius 1 is 1.36 bits per heavy atom. The minimum absolute atomic E-state index is 0.694. The zero-order valence-electron chi connectivity index (χ0n) is 10.1. The molecule has 0 radical (unpaired) electrons. The van der Waals surface area contributed by atoms with Crippen molar-refractivity contribution in [1.82, 2.24) is 10.2 Å². The molecule has 0 saturated carbocycles. The molecule has 14 heavy (non-hydrogen) atoms. The van der Waals surface area contributed by atoms with Crippen LogP contribution >= 0.6 is 0 Å². The van der Waals surface area contributed by atoms with E-state index in [9.17, 15) is 0 Å². The predicted molar refractivity (Wildman–Crippen MR) is 62.6 cm³/mol. The molecule has 1 aliphatic rings. The summed E-state index contributed by atoms with van der Waals surface area (Å²) in [6, 6.07) is 1.47. The zero-order chi connectivity index (χ0) is 10.4. The first-order valence-corrected chi connectivity index (χ1v) is 6.22. The fourth-order valence-corrected chi connectivity index (χ4v) is 2.40. The van der Waals surface area contributed by atoms with Crippen LogP contribution in [0, 0.1) is 0 Å². The van der Waals surface area contributed by atoms with E-state index in [4.69, 9.17) is 0 Å². The van der Waals surface area contributed by atoms with Gasteiger partial charge in [-0.25, -0.2) is 0 Å². The zero-order valence-corrected chi connectivity index (χ0v) is 10.1. The summed E-state index contributed by atoms with van der Waals surface area (Å²) in [7, 11) is 0. The van der Waals surface area contributed by atoms with Gasteiger partial charge in [0, 0.05) is 18.6 Å². The third kappa shape index (κ3) is 3.58. The van der Waals surface area contributed by atoms with Crippen LogP contribution < -0.4 is 5.32 Å². The summed E-state index contributed by atoms with van der Waals surface area (Å²) in [5.74, 6) is 0. The average molecular weight is 198 g/mol. The van der Waals surface area contributed by atoms with Gasteiger partial charge >= 0.3 is 0 Å². The first-order chi connectivity index (χ1) is 6.75. The fraction of sp³-hybridized carbons (Fsp3) is 1.00. The molecule has 1 aliphatic heterocycles. The van der Waals surface area contributed by atoms with Crippen molar-refractivity contribution in [3.63, 3.8) is 0 Å². The molecule has 0 bridgehead atoms. The first-order valence-electron chi connectivity index (χ1n) is 6.22. The Balaban J connectivity index is 2.46. The van der Waals surface area contributed by atoms with E-state index in [0.717, 1.165) is 6.04 Å². The molecule has 1 rings (SSSR count). The van der Waals surface area contributed by atoms with Gasteiger partial charge in [0.1, 0.15) is 0 Å². The van der Waals surface area contributed by atoms with Crippen LogP contribution in [-0.2, 0) is 0 Å². The topological polar surface area (TPSA) is 15.3 Å². The SMILES string of the molecule is CCCN(C(C)C)C1CCCCNC1. The molecule has 0 aromatic heterocycles. The van der Waals surface area contributed by atoms with E-state index < -0.39 is 0 Å². The van der Waals surface area contributed by atoms with Gasteiger partial charge in [-0.15, -0.1) is 0 Å². The minimum Gasteiger partial charge on any atom is -0.315 e. The normalized spacial score (nSPS) is 24.2. The Morgan fingerprint density at radius 2 is 2.14 bits per heavy atom. The second kappa shape index (κ2) is 6.41. The second-order valence-electron chi connectivity index (χ2n) is 4.69. The quantitative estimate of drug-likeness (QED) is 0.745. The summed E-state index contributed by atoms with van der Waals surface area (Å²) < 4.78 is 0. The average Bonchev–Trinajstić information content (AvgIpc) is 2.41. The van der Waals surface area contributed by atoms with E-state index in [1.807, 2.05) is 0 Å². The number of nitrogens with one attached hydrogen (secondary N) is 1. The summed E-state index contributed by atoms with van der Waals surface area (Å²) in [5.41, 5.74) is 0. The fourth-order valence-electron chi connectivity index (χ4n) is 2.40. The van der Waals surface area contributed by atoms with Crippen molar-refractivity contribution in [2.45, 2.75) is 58.5 Å². The van der Waals surface area contributed by atoms with Crippen LogP contribution in [0.4, 0.5) is 0 Å². The third-order valence-corrected chi connectivity index (χ3v) is 3.13. The molecule has 2 nitrogen and oxygen atoms in total. The number of hydrogen-bond acceptors (Lipinski definition) is 2. The third-order valence-electron chi connectivity index (χ3n) is 3.13. The van der Waals surface area contributed by atoms with Crippen molar-refractivity contribution in [2.75, 3.05) is 19.6 Å². The second-order valence-corrected chi connectivity index (χ2v) is 4.69. The Bertz CT molecular complexity index is 137. The van der Waals surface area contributed by atoms with E-state index >= 15 is 0 Å². The molecule has 1 saturated heterocycles. The van der Waals surface area contributed by atoms with E-state index in [1.165, 1.54) is 45.3 Å². The highest BCUT2D eigenvalue weighted by Gasteiger charge is 2.20. The highest BCUT2D eigenvalue weighted by Crippen LogP contribution is 2.14. The van der Waals surface area contributed by atoms with Crippen molar-refractivity contribution >= 4 is 0 Å². The monoisotopic (exact) mass is 198 g/mol. The highest BCUT2D eigenvalue weighted by atomic mass is 15.2. The van der Waals surface area contributed by atoms with Crippen molar-refractivity contribution in [1.29, 1.82) is 0 Å².